The van der Waals surface area contributed by atoms with E-state index in [1.807, 2.05) is 0 Å². The fourth-order valence-corrected chi connectivity index (χ4v) is 1.28. The predicted octanol–water partition coefficient (Wildman–Crippen LogP) is 0.532. The number of benzene rings is 1. The van der Waals surface area contributed by atoms with Crippen LogP contribution in [-0.4, -0.2) is 35.4 Å². The monoisotopic (exact) mass is 273 g/mol. The summed E-state index contributed by atoms with van der Waals surface area (Å²) in [5.74, 6) is -0.310. The van der Waals surface area contributed by atoms with Crippen molar-refractivity contribution in [2.75, 3.05) is 13.2 Å². The molecular formula is C10H12BrNO3. The van der Waals surface area contributed by atoms with Crippen LogP contribution >= 0.6 is 15.9 Å². The van der Waals surface area contributed by atoms with Crippen LogP contribution in [0.25, 0.3) is 0 Å². The molecule has 1 rings (SSSR count). The number of aliphatic hydroxyl groups is 2. The Balaban J connectivity index is 2.64. The summed E-state index contributed by atoms with van der Waals surface area (Å²) in [5.41, 5.74) is 0.491. The van der Waals surface area contributed by atoms with Gasteiger partial charge in [-0.1, -0.05) is 15.9 Å². The second-order valence-electron chi connectivity index (χ2n) is 3.04. The maximum absolute atomic E-state index is 11.5. The zero-order valence-corrected chi connectivity index (χ0v) is 9.57. The van der Waals surface area contributed by atoms with E-state index < -0.39 is 6.04 Å². The minimum absolute atomic E-state index is 0.279. The summed E-state index contributed by atoms with van der Waals surface area (Å²) < 4.78 is 0.889. The molecule has 82 valence electrons. The first kappa shape index (κ1) is 12.2. The molecule has 0 aliphatic heterocycles. The van der Waals surface area contributed by atoms with E-state index in [2.05, 4.69) is 21.2 Å². The van der Waals surface area contributed by atoms with E-state index in [9.17, 15) is 4.79 Å². The third kappa shape index (κ3) is 3.62. The number of nitrogens with one attached hydrogen (secondary N) is 1. The number of aliphatic hydroxyl groups excluding tert-OH is 2. The third-order valence-electron chi connectivity index (χ3n) is 1.88. The molecule has 5 heteroatoms. The molecule has 0 aliphatic carbocycles. The number of hydrogen-bond acceptors (Lipinski definition) is 3. The molecule has 1 amide bonds. The maximum Gasteiger partial charge on any atom is 0.251 e. The average Bonchev–Trinajstić information content (AvgIpc) is 2.26. The Labute approximate surface area is 96.1 Å². The van der Waals surface area contributed by atoms with E-state index >= 15 is 0 Å². The van der Waals surface area contributed by atoms with Gasteiger partial charge in [-0.15, -0.1) is 0 Å². The highest BCUT2D eigenvalue weighted by atomic mass is 79.9. The summed E-state index contributed by atoms with van der Waals surface area (Å²) in [6.45, 7) is -0.558. The highest BCUT2D eigenvalue weighted by Crippen LogP contribution is 2.10. The van der Waals surface area contributed by atoms with Crippen molar-refractivity contribution in [1.82, 2.24) is 5.32 Å². The van der Waals surface area contributed by atoms with Crippen LogP contribution in [0.1, 0.15) is 10.4 Å². The largest absolute Gasteiger partial charge is 0.394 e. The van der Waals surface area contributed by atoms with Crippen molar-refractivity contribution in [2.24, 2.45) is 0 Å². The molecule has 0 spiro atoms. The first-order chi connectivity index (χ1) is 7.17. The number of hydrogen-bond donors (Lipinski definition) is 3. The summed E-state index contributed by atoms with van der Waals surface area (Å²) >= 11 is 3.26. The summed E-state index contributed by atoms with van der Waals surface area (Å²) in [7, 11) is 0. The summed E-state index contributed by atoms with van der Waals surface area (Å²) in [5, 5.41) is 20.1. The van der Waals surface area contributed by atoms with E-state index in [4.69, 9.17) is 10.2 Å². The van der Waals surface area contributed by atoms with Crippen LogP contribution in [-0.2, 0) is 0 Å². The van der Waals surface area contributed by atoms with Crippen molar-refractivity contribution in [3.63, 3.8) is 0 Å². The first-order valence-electron chi connectivity index (χ1n) is 4.45. The lowest BCUT2D eigenvalue weighted by Gasteiger charge is -2.13. The van der Waals surface area contributed by atoms with Crippen molar-refractivity contribution in [1.29, 1.82) is 0 Å². The van der Waals surface area contributed by atoms with Crippen molar-refractivity contribution >= 4 is 21.8 Å². The van der Waals surface area contributed by atoms with Gasteiger partial charge in [0.15, 0.2) is 0 Å². The van der Waals surface area contributed by atoms with Crippen LogP contribution in [0.2, 0.25) is 0 Å². The van der Waals surface area contributed by atoms with Gasteiger partial charge in [0.1, 0.15) is 0 Å². The number of carbonyl (C=O) groups is 1. The lowest BCUT2D eigenvalue weighted by Crippen LogP contribution is -2.40. The second kappa shape index (κ2) is 5.85. The molecule has 0 saturated carbocycles. The first-order valence-corrected chi connectivity index (χ1v) is 5.25. The van der Waals surface area contributed by atoms with E-state index in [1.165, 1.54) is 0 Å². The Hall–Kier alpha value is -0.910. The molecule has 0 atom stereocenters. The molecule has 15 heavy (non-hydrogen) atoms. The molecule has 1 aromatic rings. The van der Waals surface area contributed by atoms with Gasteiger partial charge in [0.05, 0.1) is 19.3 Å². The lowest BCUT2D eigenvalue weighted by atomic mass is 10.2. The minimum atomic E-state index is -0.610. The Morgan fingerprint density at radius 1 is 1.27 bits per heavy atom. The molecule has 0 radical (unpaired) electrons. The van der Waals surface area contributed by atoms with Gasteiger partial charge in [0.2, 0.25) is 0 Å². The van der Waals surface area contributed by atoms with Gasteiger partial charge in [-0.05, 0) is 24.3 Å². The van der Waals surface area contributed by atoms with E-state index in [-0.39, 0.29) is 19.1 Å². The Kier molecular flexibility index (Phi) is 4.74. The van der Waals surface area contributed by atoms with Crippen LogP contribution < -0.4 is 5.32 Å². The van der Waals surface area contributed by atoms with Gasteiger partial charge in [0.25, 0.3) is 5.91 Å². The molecule has 4 nitrogen and oxygen atoms in total. The quantitative estimate of drug-likeness (QED) is 0.750. The fraction of sp³-hybridized carbons (Fsp3) is 0.300. The van der Waals surface area contributed by atoms with E-state index in [0.717, 1.165) is 4.47 Å². The lowest BCUT2D eigenvalue weighted by molar-refractivity contribution is 0.0879. The molecule has 0 bridgehead atoms. The number of carbonyl (C=O) groups excluding carboxylic acids is 1. The Morgan fingerprint density at radius 3 is 2.27 bits per heavy atom. The second-order valence-corrected chi connectivity index (χ2v) is 3.96. The Bertz CT molecular complexity index is 322. The molecule has 1 aromatic carbocycles. The van der Waals surface area contributed by atoms with Crippen molar-refractivity contribution in [2.45, 2.75) is 6.04 Å². The van der Waals surface area contributed by atoms with Crippen LogP contribution in [0.15, 0.2) is 28.7 Å². The van der Waals surface area contributed by atoms with E-state index in [0.29, 0.717) is 5.56 Å². The molecule has 0 aromatic heterocycles. The van der Waals surface area contributed by atoms with Gasteiger partial charge in [-0.3, -0.25) is 4.79 Å². The van der Waals surface area contributed by atoms with Gasteiger partial charge < -0.3 is 15.5 Å². The van der Waals surface area contributed by atoms with Crippen molar-refractivity contribution < 1.29 is 15.0 Å². The molecule has 3 N–H and O–H groups in total. The van der Waals surface area contributed by atoms with Gasteiger partial charge in [-0.2, -0.15) is 0 Å². The summed E-state index contributed by atoms with van der Waals surface area (Å²) in [6.07, 6.45) is 0. The highest BCUT2D eigenvalue weighted by molar-refractivity contribution is 9.10. The normalized spacial score (nSPS) is 10.4. The zero-order valence-electron chi connectivity index (χ0n) is 7.98. The van der Waals surface area contributed by atoms with Crippen LogP contribution in [0.5, 0.6) is 0 Å². The van der Waals surface area contributed by atoms with Crippen LogP contribution in [0, 0.1) is 0 Å². The SMILES string of the molecule is O=C(NC(CO)CO)c1ccc(Br)cc1. The third-order valence-corrected chi connectivity index (χ3v) is 2.41. The number of halogens is 1. The summed E-state index contributed by atoms with van der Waals surface area (Å²) in [6, 6.07) is 6.21. The molecule has 0 aliphatic rings. The number of amides is 1. The standard InChI is InChI=1S/C10H12BrNO3/c11-8-3-1-7(2-4-8)10(15)12-9(5-13)6-14/h1-4,9,13-14H,5-6H2,(H,12,15). The van der Waals surface area contributed by atoms with E-state index in [1.54, 1.807) is 24.3 Å². The predicted molar refractivity (Wildman–Crippen MR) is 59.6 cm³/mol. The minimum Gasteiger partial charge on any atom is -0.394 e. The number of rotatable bonds is 4. The molecule has 0 unspecified atom stereocenters. The highest BCUT2D eigenvalue weighted by Gasteiger charge is 2.11. The van der Waals surface area contributed by atoms with Gasteiger partial charge in [0, 0.05) is 10.0 Å². The molecular weight excluding hydrogens is 262 g/mol. The van der Waals surface area contributed by atoms with Crippen molar-refractivity contribution in [3.05, 3.63) is 34.3 Å². The fourth-order valence-electron chi connectivity index (χ4n) is 1.02. The zero-order chi connectivity index (χ0) is 11.3. The smallest absolute Gasteiger partial charge is 0.251 e. The van der Waals surface area contributed by atoms with Crippen LogP contribution in [0.3, 0.4) is 0 Å². The molecule has 0 fully saturated rings. The topological polar surface area (TPSA) is 69.6 Å². The average molecular weight is 274 g/mol. The molecule has 0 saturated heterocycles. The maximum atomic E-state index is 11.5. The van der Waals surface area contributed by atoms with Gasteiger partial charge in [-0.25, -0.2) is 0 Å². The van der Waals surface area contributed by atoms with Crippen LogP contribution in [0.4, 0.5) is 0 Å². The van der Waals surface area contributed by atoms with Crippen molar-refractivity contribution in [3.8, 4) is 0 Å². The Morgan fingerprint density at radius 2 is 1.80 bits per heavy atom. The summed E-state index contributed by atoms with van der Waals surface area (Å²) in [4.78, 5) is 11.5. The van der Waals surface area contributed by atoms with Gasteiger partial charge >= 0.3 is 0 Å². The molecule has 0 heterocycles.